The first-order chi connectivity index (χ1) is 8.05. The van der Waals surface area contributed by atoms with Crippen molar-refractivity contribution in [1.29, 1.82) is 5.26 Å². The topological polar surface area (TPSA) is 44.9 Å². The fourth-order valence-corrected chi connectivity index (χ4v) is 2.59. The normalized spacial score (nSPS) is 19.0. The number of aromatic nitrogens is 2. The maximum absolute atomic E-state index is 8.99. The van der Waals surface area contributed by atoms with Crippen LogP contribution in [0.4, 0.5) is 0 Å². The van der Waals surface area contributed by atoms with Crippen molar-refractivity contribution in [2.24, 2.45) is 5.92 Å². The summed E-state index contributed by atoms with van der Waals surface area (Å²) in [7, 11) is 0. The standard InChI is InChI=1S/C13H20N4/c1-11(2)7-16-9-13(10-16,4-5-14)17-8-12(3)6-15-17/h6,8,11H,4,7,9-10H2,1-3H3. The molecule has 0 aliphatic carbocycles. The van der Waals surface area contributed by atoms with Crippen molar-refractivity contribution in [3.05, 3.63) is 18.0 Å². The Hall–Kier alpha value is -1.34. The number of likely N-dealkylation sites (tertiary alicyclic amines) is 1. The van der Waals surface area contributed by atoms with Gasteiger partial charge in [0.05, 0.1) is 18.7 Å². The number of hydrogen-bond acceptors (Lipinski definition) is 3. The molecule has 1 fully saturated rings. The van der Waals surface area contributed by atoms with Gasteiger partial charge in [-0.15, -0.1) is 0 Å². The molecule has 0 spiro atoms. The first kappa shape index (κ1) is 12.1. The predicted molar refractivity (Wildman–Crippen MR) is 66.4 cm³/mol. The van der Waals surface area contributed by atoms with Gasteiger partial charge in [-0.3, -0.25) is 9.58 Å². The zero-order chi connectivity index (χ0) is 12.5. The van der Waals surface area contributed by atoms with E-state index in [9.17, 15) is 0 Å². The van der Waals surface area contributed by atoms with E-state index in [1.54, 1.807) is 0 Å². The van der Waals surface area contributed by atoms with Gasteiger partial charge in [0.15, 0.2) is 0 Å². The minimum atomic E-state index is -0.0854. The lowest BCUT2D eigenvalue weighted by Gasteiger charge is -2.49. The van der Waals surface area contributed by atoms with Gasteiger partial charge in [0.1, 0.15) is 5.54 Å². The highest BCUT2D eigenvalue weighted by Crippen LogP contribution is 2.32. The van der Waals surface area contributed by atoms with Crippen molar-refractivity contribution >= 4 is 0 Å². The van der Waals surface area contributed by atoms with Crippen LogP contribution in [0, 0.1) is 24.2 Å². The lowest BCUT2D eigenvalue weighted by molar-refractivity contribution is -0.00223. The fourth-order valence-electron chi connectivity index (χ4n) is 2.59. The SMILES string of the molecule is Cc1cnn(C2(CC#N)CN(CC(C)C)C2)c1. The number of nitrogens with zero attached hydrogens (tertiary/aromatic N) is 4. The van der Waals surface area contributed by atoms with E-state index in [1.807, 2.05) is 24.0 Å². The highest BCUT2D eigenvalue weighted by atomic mass is 15.4. The number of nitriles is 1. The second-order valence-electron chi connectivity index (χ2n) is 5.58. The Morgan fingerprint density at radius 1 is 1.53 bits per heavy atom. The van der Waals surface area contributed by atoms with E-state index in [0.717, 1.165) is 25.2 Å². The third-order valence-corrected chi connectivity index (χ3v) is 3.26. The number of rotatable bonds is 4. The van der Waals surface area contributed by atoms with E-state index in [0.29, 0.717) is 12.3 Å². The quantitative estimate of drug-likeness (QED) is 0.794. The van der Waals surface area contributed by atoms with E-state index in [4.69, 9.17) is 5.26 Å². The molecule has 1 aliphatic heterocycles. The van der Waals surface area contributed by atoms with Gasteiger partial charge in [-0.1, -0.05) is 13.8 Å². The first-order valence-corrected chi connectivity index (χ1v) is 6.17. The molecule has 0 atom stereocenters. The molecule has 4 heteroatoms. The minimum Gasteiger partial charge on any atom is -0.298 e. The van der Waals surface area contributed by atoms with Crippen LogP contribution in [-0.4, -0.2) is 34.3 Å². The van der Waals surface area contributed by atoms with Gasteiger partial charge in [0.2, 0.25) is 0 Å². The Labute approximate surface area is 103 Å². The molecule has 0 bridgehead atoms. The van der Waals surface area contributed by atoms with Crippen LogP contribution in [0.5, 0.6) is 0 Å². The molecule has 17 heavy (non-hydrogen) atoms. The van der Waals surface area contributed by atoms with Crippen LogP contribution in [0.1, 0.15) is 25.8 Å². The predicted octanol–water partition coefficient (Wildman–Crippen LogP) is 1.77. The van der Waals surface area contributed by atoms with Crippen LogP contribution in [-0.2, 0) is 5.54 Å². The van der Waals surface area contributed by atoms with Gasteiger partial charge in [0.25, 0.3) is 0 Å². The second kappa shape index (κ2) is 4.50. The van der Waals surface area contributed by atoms with Crippen LogP contribution in [0.15, 0.2) is 12.4 Å². The molecule has 0 N–H and O–H groups in total. The zero-order valence-electron chi connectivity index (χ0n) is 10.8. The van der Waals surface area contributed by atoms with E-state index in [1.165, 1.54) is 0 Å². The van der Waals surface area contributed by atoms with E-state index < -0.39 is 0 Å². The van der Waals surface area contributed by atoms with Gasteiger partial charge in [-0.05, 0) is 18.4 Å². The summed E-state index contributed by atoms with van der Waals surface area (Å²) >= 11 is 0. The summed E-state index contributed by atoms with van der Waals surface area (Å²) in [5.41, 5.74) is 1.07. The van der Waals surface area contributed by atoms with Gasteiger partial charge in [-0.2, -0.15) is 10.4 Å². The van der Waals surface area contributed by atoms with Crippen molar-refractivity contribution in [1.82, 2.24) is 14.7 Å². The van der Waals surface area contributed by atoms with Gasteiger partial charge < -0.3 is 0 Å². The molecule has 2 heterocycles. The molecule has 1 saturated heterocycles. The molecular weight excluding hydrogens is 212 g/mol. The Morgan fingerprint density at radius 3 is 2.71 bits per heavy atom. The summed E-state index contributed by atoms with van der Waals surface area (Å²) in [6, 6.07) is 2.30. The van der Waals surface area contributed by atoms with Crippen LogP contribution >= 0.6 is 0 Å². The van der Waals surface area contributed by atoms with Crippen molar-refractivity contribution in [3.8, 4) is 6.07 Å². The maximum Gasteiger partial charge on any atom is 0.101 e. The Kier molecular flexibility index (Phi) is 3.21. The fraction of sp³-hybridized carbons (Fsp3) is 0.692. The molecule has 0 aromatic carbocycles. The Balaban J connectivity index is 2.08. The smallest absolute Gasteiger partial charge is 0.101 e. The summed E-state index contributed by atoms with van der Waals surface area (Å²) in [5, 5.41) is 13.4. The molecule has 92 valence electrons. The third-order valence-electron chi connectivity index (χ3n) is 3.26. The maximum atomic E-state index is 8.99. The van der Waals surface area contributed by atoms with Gasteiger partial charge in [0, 0.05) is 25.8 Å². The highest BCUT2D eigenvalue weighted by Gasteiger charge is 2.45. The average Bonchev–Trinajstić information content (AvgIpc) is 2.61. The Morgan fingerprint density at radius 2 is 2.24 bits per heavy atom. The first-order valence-electron chi connectivity index (χ1n) is 6.17. The van der Waals surface area contributed by atoms with Crippen molar-refractivity contribution in [2.75, 3.05) is 19.6 Å². The van der Waals surface area contributed by atoms with E-state index in [2.05, 4.69) is 29.9 Å². The summed E-state index contributed by atoms with van der Waals surface area (Å²) < 4.78 is 1.99. The third kappa shape index (κ3) is 2.34. The molecule has 1 aliphatic rings. The monoisotopic (exact) mass is 232 g/mol. The lowest BCUT2D eigenvalue weighted by Crippen LogP contribution is -2.63. The molecule has 0 amide bonds. The number of hydrogen-bond donors (Lipinski definition) is 0. The molecule has 2 rings (SSSR count). The lowest BCUT2D eigenvalue weighted by atomic mass is 9.86. The number of aryl methyl sites for hydroxylation is 1. The molecule has 0 saturated carbocycles. The zero-order valence-corrected chi connectivity index (χ0v) is 10.8. The molecular formula is C13H20N4. The molecule has 1 aromatic rings. The minimum absolute atomic E-state index is 0.0854. The van der Waals surface area contributed by atoms with Gasteiger partial charge >= 0.3 is 0 Å². The van der Waals surface area contributed by atoms with Gasteiger partial charge in [-0.25, -0.2) is 0 Å². The summed E-state index contributed by atoms with van der Waals surface area (Å²) in [6.45, 7) is 9.48. The van der Waals surface area contributed by atoms with Crippen molar-refractivity contribution in [3.63, 3.8) is 0 Å². The molecule has 0 radical (unpaired) electrons. The van der Waals surface area contributed by atoms with Crippen molar-refractivity contribution < 1.29 is 0 Å². The van der Waals surface area contributed by atoms with Crippen LogP contribution in [0.3, 0.4) is 0 Å². The summed E-state index contributed by atoms with van der Waals surface area (Å²) in [5.74, 6) is 0.675. The largest absolute Gasteiger partial charge is 0.298 e. The second-order valence-corrected chi connectivity index (χ2v) is 5.58. The Bertz CT molecular complexity index is 421. The average molecular weight is 232 g/mol. The van der Waals surface area contributed by atoms with Crippen LogP contribution in [0.25, 0.3) is 0 Å². The summed E-state index contributed by atoms with van der Waals surface area (Å²) in [6.07, 6.45) is 4.46. The highest BCUT2D eigenvalue weighted by molar-refractivity contribution is 5.10. The summed E-state index contributed by atoms with van der Waals surface area (Å²) in [4.78, 5) is 2.40. The van der Waals surface area contributed by atoms with E-state index >= 15 is 0 Å². The molecule has 1 aromatic heterocycles. The molecule has 4 nitrogen and oxygen atoms in total. The van der Waals surface area contributed by atoms with Crippen molar-refractivity contribution in [2.45, 2.75) is 32.7 Å². The van der Waals surface area contributed by atoms with Crippen LogP contribution < -0.4 is 0 Å². The van der Waals surface area contributed by atoms with E-state index in [-0.39, 0.29) is 5.54 Å². The van der Waals surface area contributed by atoms with Crippen LogP contribution in [0.2, 0.25) is 0 Å². The molecule has 0 unspecified atom stereocenters.